The predicted molar refractivity (Wildman–Crippen MR) is 80.4 cm³/mol. The van der Waals surface area contributed by atoms with Gasteiger partial charge in [0.25, 0.3) is 0 Å². The molecule has 1 aromatic carbocycles. The molecule has 0 unspecified atom stereocenters. The van der Waals surface area contributed by atoms with Crippen molar-refractivity contribution in [3.63, 3.8) is 0 Å². The highest BCUT2D eigenvalue weighted by Gasteiger charge is 2.05. The zero-order valence-corrected chi connectivity index (χ0v) is 12.2. The SMILES string of the molecule is CCCNC(=O)CSCC(=O)Nc1cccc(C)c1. The number of nitrogens with one attached hydrogen (secondary N) is 2. The number of rotatable bonds is 7. The molecule has 0 aliphatic rings. The van der Waals surface area contributed by atoms with E-state index in [2.05, 4.69) is 10.6 Å². The smallest absolute Gasteiger partial charge is 0.234 e. The normalized spacial score (nSPS) is 10.0. The largest absolute Gasteiger partial charge is 0.355 e. The molecule has 104 valence electrons. The number of hydrogen-bond donors (Lipinski definition) is 2. The summed E-state index contributed by atoms with van der Waals surface area (Å²) < 4.78 is 0. The zero-order chi connectivity index (χ0) is 14.1. The van der Waals surface area contributed by atoms with Crippen LogP contribution in [0.2, 0.25) is 0 Å². The monoisotopic (exact) mass is 280 g/mol. The molecule has 0 heterocycles. The van der Waals surface area contributed by atoms with E-state index >= 15 is 0 Å². The van der Waals surface area contributed by atoms with Gasteiger partial charge >= 0.3 is 0 Å². The van der Waals surface area contributed by atoms with Gasteiger partial charge in [-0.15, -0.1) is 11.8 Å². The van der Waals surface area contributed by atoms with Gasteiger partial charge in [0, 0.05) is 12.2 Å². The molecule has 0 aliphatic carbocycles. The van der Waals surface area contributed by atoms with Crippen LogP contribution >= 0.6 is 11.8 Å². The van der Waals surface area contributed by atoms with Crippen molar-refractivity contribution in [2.24, 2.45) is 0 Å². The van der Waals surface area contributed by atoms with Gasteiger partial charge in [0.1, 0.15) is 0 Å². The topological polar surface area (TPSA) is 58.2 Å². The van der Waals surface area contributed by atoms with Crippen LogP contribution in [0.1, 0.15) is 18.9 Å². The molecule has 5 heteroatoms. The molecule has 1 aromatic rings. The molecule has 0 bridgehead atoms. The van der Waals surface area contributed by atoms with Gasteiger partial charge in [-0.2, -0.15) is 0 Å². The van der Waals surface area contributed by atoms with Gasteiger partial charge in [-0.1, -0.05) is 19.1 Å². The van der Waals surface area contributed by atoms with Crippen LogP contribution in [0.25, 0.3) is 0 Å². The van der Waals surface area contributed by atoms with Crippen LogP contribution in [0.4, 0.5) is 5.69 Å². The first kappa shape index (κ1) is 15.6. The molecule has 0 spiro atoms. The molecule has 0 fully saturated rings. The molecule has 0 aliphatic heterocycles. The summed E-state index contributed by atoms with van der Waals surface area (Å²) in [5.74, 6) is 0.503. The van der Waals surface area contributed by atoms with Gasteiger partial charge in [0.15, 0.2) is 0 Å². The predicted octanol–water partition coefficient (Wildman–Crippen LogP) is 2.19. The van der Waals surface area contributed by atoms with Crippen molar-refractivity contribution in [3.8, 4) is 0 Å². The molecule has 4 nitrogen and oxygen atoms in total. The van der Waals surface area contributed by atoms with Gasteiger partial charge in [0.05, 0.1) is 11.5 Å². The number of hydrogen-bond acceptors (Lipinski definition) is 3. The van der Waals surface area contributed by atoms with Gasteiger partial charge in [-0.3, -0.25) is 9.59 Å². The summed E-state index contributed by atoms with van der Waals surface area (Å²) in [5.41, 5.74) is 1.89. The second kappa shape index (κ2) is 8.58. The van der Waals surface area contributed by atoms with Crippen molar-refractivity contribution in [2.75, 3.05) is 23.4 Å². The van der Waals surface area contributed by atoms with E-state index in [-0.39, 0.29) is 17.6 Å². The fourth-order valence-corrected chi connectivity index (χ4v) is 2.12. The maximum absolute atomic E-state index is 11.7. The van der Waals surface area contributed by atoms with Crippen LogP contribution < -0.4 is 10.6 Å². The number of thioether (sulfide) groups is 1. The van der Waals surface area contributed by atoms with Crippen LogP contribution in [0, 0.1) is 6.92 Å². The highest BCUT2D eigenvalue weighted by atomic mass is 32.2. The number of carbonyl (C=O) groups excluding carboxylic acids is 2. The molecule has 0 radical (unpaired) electrons. The van der Waals surface area contributed by atoms with Gasteiger partial charge < -0.3 is 10.6 Å². The first-order chi connectivity index (χ1) is 9.11. The third-order valence-electron chi connectivity index (χ3n) is 2.34. The summed E-state index contributed by atoms with van der Waals surface area (Å²) >= 11 is 1.32. The van der Waals surface area contributed by atoms with E-state index in [0.717, 1.165) is 17.7 Å². The minimum absolute atomic E-state index is 0.0183. The average Bonchev–Trinajstić information content (AvgIpc) is 2.36. The summed E-state index contributed by atoms with van der Waals surface area (Å²) in [4.78, 5) is 23.0. The summed E-state index contributed by atoms with van der Waals surface area (Å²) in [6.45, 7) is 4.67. The van der Waals surface area contributed by atoms with Crippen molar-refractivity contribution < 1.29 is 9.59 Å². The highest BCUT2D eigenvalue weighted by Crippen LogP contribution is 2.10. The van der Waals surface area contributed by atoms with Crippen molar-refractivity contribution in [2.45, 2.75) is 20.3 Å². The van der Waals surface area contributed by atoms with Crippen molar-refractivity contribution in [1.29, 1.82) is 0 Å². The zero-order valence-electron chi connectivity index (χ0n) is 11.4. The first-order valence-electron chi connectivity index (χ1n) is 6.32. The first-order valence-corrected chi connectivity index (χ1v) is 7.48. The van der Waals surface area contributed by atoms with E-state index < -0.39 is 0 Å². The Morgan fingerprint density at radius 3 is 2.63 bits per heavy atom. The molecular formula is C14H20N2O2S. The van der Waals surface area contributed by atoms with Crippen LogP contribution in [0.5, 0.6) is 0 Å². The number of anilines is 1. The quantitative estimate of drug-likeness (QED) is 0.805. The Labute approximate surface area is 118 Å². The molecule has 2 N–H and O–H groups in total. The van der Waals surface area contributed by atoms with Crippen LogP contribution in [0.15, 0.2) is 24.3 Å². The van der Waals surface area contributed by atoms with Crippen LogP contribution in [-0.2, 0) is 9.59 Å². The summed E-state index contributed by atoms with van der Waals surface area (Å²) in [6, 6.07) is 7.64. The lowest BCUT2D eigenvalue weighted by atomic mass is 10.2. The number of aryl methyl sites for hydroxylation is 1. The van der Waals surface area contributed by atoms with E-state index in [0.29, 0.717) is 12.3 Å². The minimum Gasteiger partial charge on any atom is -0.355 e. The van der Waals surface area contributed by atoms with E-state index in [4.69, 9.17) is 0 Å². The number of carbonyl (C=O) groups is 2. The van der Waals surface area contributed by atoms with Crippen molar-refractivity contribution >= 4 is 29.3 Å². The van der Waals surface area contributed by atoms with Crippen LogP contribution in [0.3, 0.4) is 0 Å². The molecule has 1 rings (SSSR count). The Balaban J connectivity index is 2.23. The Kier molecular flexibility index (Phi) is 7.03. The van der Waals surface area contributed by atoms with Gasteiger partial charge in [-0.25, -0.2) is 0 Å². The Morgan fingerprint density at radius 2 is 1.95 bits per heavy atom. The van der Waals surface area contributed by atoms with Gasteiger partial charge in [-0.05, 0) is 31.0 Å². The third-order valence-corrected chi connectivity index (χ3v) is 3.27. The maximum atomic E-state index is 11.7. The Hall–Kier alpha value is -1.49. The Bertz CT molecular complexity index is 435. The second-order valence-electron chi connectivity index (χ2n) is 4.26. The second-order valence-corrected chi connectivity index (χ2v) is 5.25. The average molecular weight is 280 g/mol. The fourth-order valence-electron chi connectivity index (χ4n) is 1.47. The lowest BCUT2D eigenvalue weighted by Crippen LogP contribution is -2.26. The number of benzene rings is 1. The maximum Gasteiger partial charge on any atom is 0.234 e. The number of amides is 2. The van der Waals surface area contributed by atoms with E-state index in [1.807, 2.05) is 38.1 Å². The molecule has 0 aromatic heterocycles. The molecule has 2 amide bonds. The van der Waals surface area contributed by atoms with Crippen molar-refractivity contribution in [3.05, 3.63) is 29.8 Å². The molecular weight excluding hydrogens is 260 g/mol. The van der Waals surface area contributed by atoms with Crippen molar-refractivity contribution in [1.82, 2.24) is 5.32 Å². The lowest BCUT2D eigenvalue weighted by molar-refractivity contribution is -0.118. The highest BCUT2D eigenvalue weighted by molar-refractivity contribution is 8.00. The molecule has 0 atom stereocenters. The molecule has 19 heavy (non-hydrogen) atoms. The lowest BCUT2D eigenvalue weighted by Gasteiger charge is -2.06. The third kappa shape index (κ3) is 6.86. The molecule has 0 saturated heterocycles. The summed E-state index contributed by atoms with van der Waals surface area (Å²) in [5, 5.41) is 5.58. The molecule has 0 saturated carbocycles. The standard InChI is InChI=1S/C14H20N2O2S/c1-3-7-15-13(17)9-19-10-14(18)16-12-6-4-5-11(2)8-12/h4-6,8H,3,7,9-10H2,1-2H3,(H,15,17)(H,16,18). The van der Waals surface area contributed by atoms with Gasteiger partial charge in [0.2, 0.25) is 11.8 Å². The summed E-state index contributed by atoms with van der Waals surface area (Å²) in [6.07, 6.45) is 0.921. The minimum atomic E-state index is -0.0844. The summed E-state index contributed by atoms with van der Waals surface area (Å²) in [7, 11) is 0. The van der Waals surface area contributed by atoms with E-state index in [9.17, 15) is 9.59 Å². The fraction of sp³-hybridized carbons (Fsp3) is 0.429. The Morgan fingerprint density at radius 1 is 1.21 bits per heavy atom. The van der Waals surface area contributed by atoms with E-state index in [1.54, 1.807) is 0 Å². The van der Waals surface area contributed by atoms with E-state index in [1.165, 1.54) is 11.8 Å². The van der Waals surface area contributed by atoms with Crippen LogP contribution in [-0.4, -0.2) is 29.9 Å².